The Bertz CT molecular complexity index is 681. The largest absolute Gasteiger partial charge is 0.486 e. The number of benzene rings is 1. The summed E-state index contributed by atoms with van der Waals surface area (Å²) >= 11 is 0. The number of hydrogen-bond acceptors (Lipinski definition) is 5. The van der Waals surface area contributed by atoms with Crippen molar-refractivity contribution in [2.24, 2.45) is 0 Å². The Morgan fingerprint density at radius 2 is 1.96 bits per heavy atom. The lowest BCUT2D eigenvalue weighted by Crippen LogP contribution is -2.50. The first-order chi connectivity index (χ1) is 12.5. The summed E-state index contributed by atoms with van der Waals surface area (Å²) in [6, 6.07) is 3.43. The van der Waals surface area contributed by atoms with Crippen molar-refractivity contribution in [3.63, 3.8) is 0 Å². The van der Waals surface area contributed by atoms with Gasteiger partial charge in [0.2, 0.25) is 0 Å². The SMILES string of the molecule is CC(C)=CCO[C@H]1CCOC[C@H]1NC(=O)c1cc2c(cc1C)OCCO2. The molecule has 0 spiro atoms. The summed E-state index contributed by atoms with van der Waals surface area (Å²) in [5.74, 6) is 1.16. The molecule has 0 bridgehead atoms. The van der Waals surface area contributed by atoms with Crippen molar-refractivity contribution >= 4 is 5.91 Å². The van der Waals surface area contributed by atoms with Crippen LogP contribution in [0.5, 0.6) is 11.5 Å². The molecule has 142 valence electrons. The van der Waals surface area contributed by atoms with E-state index in [9.17, 15) is 4.79 Å². The summed E-state index contributed by atoms with van der Waals surface area (Å²) in [5.41, 5.74) is 2.65. The van der Waals surface area contributed by atoms with Crippen molar-refractivity contribution in [3.8, 4) is 11.5 Å². The Labute approximate surface area is 154 Å². The molecule has 0 aliphatic carbocycles. The molecule has 1 aromatic carbocycles. The zero-order chi connectivity index (χ0) is 18.5. The fourth-order valence-corrected chi connectivity index (χ4v) is 3.07. The maximum Gasteiger partial charge on any atom is 0.252 e. The fraction of sp³-hybridized carbons (Fsp3) is 0.550. The molecule has 0 saturated carbocycles. The molecule has 2 atom stereocenters. The van der Waals surface area contributed by atoms with Crippen molar-refractivity contribution < 1.29 is 23.7 Å². The molecule has 0 aromatic heterocycles. The monoisotopic (exact) mass is 361 g/mol. The molecule has 6 nitrogen and oxygen atoms in total. The van der Waals surface area contributed by atoms with Gasteiger partial charge in [-0.3, -0.25) is 4.79 Å². The van der Waals surface area contributed by atoms with Gasteiger partial charge in [-0.05, 0) is 44.9 Å². The van der Waals surface area contributed by atoms with Crippen LogP contribution in [0.3, 0.4) is 0 Å². The van der Waals surface area contributed by atoms with Gasteiger partial charge in [0.25, 0.3) is 5.91 Å². The van der Waals surface area contributed by atoms with Gasteiger partial charge in [0.15, 0.2) is 11.5 Å². The third-order valence-electron chi connectivity index (χ3n) is 4.55. The molecule has 0 unspecified atom stereocenters. The number of ether oxygens (including phenoxy) is 4. The van der Waals surface area contributed by atoms with E-state index in [-0.39, 0.29) is 18.1 Å². The number of carbonyl (C=O) groups is 1. The number of carbonyl (C=O) groups excluding carboxylic acids is 1. The molecule has 2 heterocycles. The van der Waals surface area contributed by atoms with Gasteiger partial charge < -0.3 is 24.3 Å². The fourth-order valence-electron chi connectivity index (χ4n) is 3.07. The van der Waals surface area contributed by atoms with Gasteiger partial charge in [0.05, 0.1) is 25.4 Å². The average molecular weight is 361 g/mol. The number of amides is 1. The minimum atomic E-state index is -0.172. The minimum Gasteiger partial charge on any atom is -0.486 e. The smallest absolute Gasteiger partial charge is 0.252 e. The standard InChI is InChI=1S/C20H27NO5/c1-13(2)4-7-24-17-5-6-23-12-16(17)21-20(22)15-11-19-18(10-14(15)3)25-8-9-26-19/h4,10-11,16-17H,5-9,12H2,1-3H3,(H,21,22)/t16-,17+/m1/s1. The van der Waals surface area contributed by atoms with Gasteiger partial charge in [0.1, 0.15) is 13.2 Å². The van der Waals surface area contributed by atoms with Gasteiger partial charge in [-0.25, -0.2) is 0 Å². The maximum absolute atomic E-state index is 12.8. The molecule has 3 rings (SSSR count). The number of aryl methyl sites for hydroxylation is 1. The van der Waals surface area contributed by atoms with Crippen LogP contribution in [-0.4, -0.2) is 51.1 Å². The third-order valence-corrected chi connectivity index (χ3v) is 4.55. The van der Waals surface area contributed by atoms with Crippen LogP contribution in [0.2, 0.25) is 0 Å². The zero-order valence-electron chi connectivity index (χ0n) is 15.7. The van der Waals surface area contributed by atoms with E-state index in [0.717, 1.165) is 12.0 Å². The van der Waals surface area contributed by atoms with Crippen LogP contribution < -0.4 is 14.8 Å². The van der Waals surface area contributed by atoms with Crippen LogP contribution >= 0.6 is 0 Å². The average Bonchev–Trinajstić information content (AvgIpc) is 2.62. The van der Waals surface area contributed by atoms with Crippen LogP contribution in [0, 0.1) is 6.92 Å². The summed E-state index contributed by atoms with van der Waals surface area (Å²) in [5, 5.41) is 3.07. The van der Waals surface area contributed by atoms with E-state index < -0.39 is 0 Å². The molecule has 1 amide bonds. The molecule has 2 aliphatic heterocycles. The zero-order valence-corrected chi connectivity index (χ0v) is 15.7. The number of allylic oxidation sites excluding steroid dienone is 1. The summed E-state index contributed by atoms with van der Waals surface area (Å²) in [7, 11) is 0. The topological polar surface area (TPSA) is 66.0 Å². The predicted octanol–water partition coefficient (Wildman–Crippen LogP) is 2.64. The summed E-state index contributed by atoms with van der Waals surface area (Å²) < 4.78 is 22.7. The van der Waals surface area contributed by atoms with E-state index in [4.69, 9.17) is 18.9 Å². The predicted molar refractivity (Wildman–Crippen MR) is 98.0 cm³/mol. The van der Waals surface area contributed by atoms with E-state index in [1.165, 1.54) is 5.57 Å². The van der Waals surface area contributed by atoms with Crippen LogP contribution in [0.4, 0.5) is 0 Å². The number of fused-ring (bicyclic) bond motifs is 1. The molecule has 26 heavy (non-hydrogen) atoms. The van der Waals surface area contributed by atoms with Crippen molar-refractivity contribution in [1.29, 1.82) is 0 Å². The van der Waals surface area contributed by atoms with Crippen LogP contribution in [0.1, 0.15) is 36.2 Å². The lowest BCUT2D eigenvalue weighted by atomic mass is 10.0. The molecule has 1 fully saturated rings. The molecular formula is C20H27NO5. The second-order valence-electron chi connectivity index (χ2n) is 6.91. The molecule has 1 N–H and O–H groups in total. The Morgan fingerprint density at radius 3 is 2.69 bits per heavy atom. The number of hydrogen-bond donors (Lipinski definition) is 1. The molecule has 6 heteroatoms. The summed E-state index contributed by atoms with van der Waals surface area (Å²) in [6.07, 6.45) is 2.75. The highest BCUT2D eigenvalue weighted by molar-refractivity contribution is 5.96. The number of rotatable bonds is 5. The van der Waals surface area contributed by atoms with Gasteiger partial charge in [0, 0.05) is 12.2 Å². The Balaban J connectivity index is 1.68. The van der Waals surface area contributed by atoms with Gasteiger partial charge in [-0.15, -0.1) is 0 Å². The van der Waals surface area contributed by atoms with Crippen LogP contribution in [0.15, 0.2) is 23.8 Å². The van der Waals surface area contributed by atoms with E-state index in [1.807, 2.05) is 32.9 Å². The molecular weight excluding hydrogens is 334 g/mol. The molecule has 1 aromatic rings. The molecule has 1 saturated heterocycles. The van der Waals surface area contributed by atoms with Crippen LogP contribution in [-0.2, 0) is 9.47 Å². The van der Waals surface area contributed by atoms with E-state index in [1.54, 1.807) is 6.07 Å². The van der Waals surface area contributed by atoms with Crippen LogP contribution in [0.25, 0.3) is 0 Å². The summed E-state index contributed by atoms with van der Waals surface area (Å²) in [6.45, 7) is 8.64. The summed E-state index contributed by atoms with van der Waals surface area (Å²) in [4.78, 5) is 12.8. The highest BCUT2D eigenvalue weighted by Crippen LogP contribution is 2.33. The Morgan fingerprint density at radius 1 is 1.23 bits per heavy atom. The van der Waals surface area contributed by atoms with Gasteiger partial charge in [-0.1, -0.05) is 11.6 Å². The third kappa shape index (κ3) is 4.56. The van der Waals surface area contributed by atoms with Gasteiger partial charge in [-0.2, -0.15) is 0 Å². The van der Waals surface area contributed by atoms with E-state index >= 15 is 0 Å². The quantitative estimate of drug-likeness (QED) is 0.817. The lowest BCUT2D eigenvalue weighted by molar-refractivity contribution is -0.0457. The highest BCUT2D eigenvalue weighted by Gasteiger charge is 2.29. The highest BCUT2D eigenvalue weighted by atomic mass is 16.6. The first-order valence-corrected chi connectivity index (χ1v) is 9.08. The second kappa shape index (κ2) is 8.56. The maximum atomic E-state index is 12.8. The van der Waals surface area contributed by atoms with Crippen molar-refractivity contribution in [2.75, 3.05) is 33.0 Å². The molecule has 0 radical (unpaired) electrons. The number of nitrogens with one attached hydrogen (secondary N) is 1. The lowest BCUT2D eigenvalue weighted by Gasteiger charge is -2.32. The van der Waals surface area contributed by atoms with E-state index in [0.29, 0.717) is 50.1 Å². The minimum absolute atomic E-state index is 0.0548. The second-order valence-corrected chi connectivity index (χ2v) is 6.91. The first-order valence-electron chi connectivity index (χ1n) is 9.08. The normalized spacial score (nSPS) is 21.8. The first kappa shape index (κ1) is 18.7. The van der Waals surface area contributed by atoms with Gasteiger partial charge >= 0.3 is 0 Å². The Hall–Kier alpha value is -2.05. The van der Waals surface area contributed by atoms with Crippen molar-refractivity contribution in [1.82, 2.24) is 5.32 Å². The molecule has 2 aliphatic rings. The van der Waals surface area contributed by atoms with Crippen molar-refractivity contribution in [2.45, 2.75) is 39.3 Å². The van der Waals surface area contributed by atoms with E-state index in [2.05, 4.69) is 5.32 Å². The van der Waals surface area contributed by atoms with Crippen molar-refractivity contribution in [3.05, 3.63) is 34.9 Å². The Kier molecular flexibility index (Phi) is 6.16.